The van der Waals surface area contributed by atoms with Crippen LogP contribution in [0.25, 0.3) is 247 Å². The predicted molar refractivity (Wildman–Crippen MR) is 611 cm³/mol. The summed E-state index contributed by atoms with van der Waals surface area (Å²) < 4.78 is 4.91. The molecule has 0 unspecified atom stereocenters. The third-order valence-corrected chi connectivity index (χ3v) is 27.9. The van der Waals surface area contributed by atoms with Gasteiger partial charge >= 0.3 is 20.1 Å². The van der Waals surface area contributed by atoms with Gasteiger partial charge in [-0.3, -0.25) is 28.1 Å². The van der Waals surface area contributed by atoms with Gasteiger partial charge in [-0.05, 0) is 295 Å². The second kappa shape index (κ2) is 40.0. The van der Waals surface area contributed by atoms with Crippen LogP contribution in [0.5, 0.6) is 0 Å². The van der Waals surface area contributed by atoms with E-state index >= 15 is 14.4 Å². The smallest absolute Gasteiger partial charge is 0.303 e. The zero-order valence-electron chi connectivity index (χ0n) is 80.0. The van der Waals surface area contributed by atoms with Gasteiger partial charge in [0.05, 0.1) is 16.6 Å². The zero-order valence-corrected chi connectivity index (χ0v) is 82.4. The second-order valence-corrected chi connectivity index (χ2v) is 37.1. The van der Waals surface area contributed by atoms with Gasteiger partial charge in [-0.25, -0.2) is 0 Å². The van der Waals surface area contributed by atoms with Crippen molar-refractivity contribution in [3.05, 3.63) is 577 Å². The molecule has 18 bridgehead atoms. The van der Waals surface area contributed by atoms with E-state index in [2.05, 4.69) is 291 Å². The van der Waals surface area contributed by atoms with Crippen molar-refractivity contribution in [3.63, 3.8) is 0 Å². The van der Waals surface area contributed by atoms with Gasteiger partial charge in [-0.2, -0.15) is 0 Å². The van der Waals surface area contributed by atoms with Gasteiger partial charge in [-0.1, -0.05) is 342 Å². The number of hydrogen-bond donors (Lipinski definition) is 0. The van der Waals surface area contributed by atoms with Crippen molar-refractivity contribution in [2.45, 2.75) is 0 Å². The third kappa shape index (κ3) is 18.3. The minimum atomic E-state index is -0.587. The predicted octanol–water partition coefficient (Wildman–Crippen LogP) is 33.6. The van der Waals surface area contributed by atoms with Gasteiger partial charge in [0.2, 0.25) is 0 Å². The molecule has 0 N–H and O–H groups in total. The molecule has 20 aromatic carbocycles. The van der Waals surface area contributed by atoms with Crippen molar-refractivity contribution in [3.8, 4) is 117 Å². The molecular formula is C138H87IrN6O3. The quantitative estimate of drug-likeness (QED) is 0.113. The Kier molecular flexibility index (Phi) is 24.7. The normalized spacial score (nSPS) is 11.3. The van der Waals surface area contributed by atoms with E-state index in [1.54, 1.807) is 50.5 Å². The zero-order chi connectivity index (χ0) is 98.2. The van der Waals surface area contributed by atoms with E-state index in [1.807, 2.05) is 218 Å². The molecule has 0 saturated heterocycles. The average Bonchev–Trinajstić information content (AvgIpc) is 0.762. The van der Waals surface area contributed by atoms with E-state index in [4.69, 9.17) is 15.0 Å². The number of benzene rings is 20. The number of pyridine rings is 3. The van der Waals surface area contributed by atoms with Crippen molar-refractivity contribution in [2.24, 2.45) is 0 Å². The Labute approximate surface area is 866 Å². The van der Waals surface area contributed by atoms with Crippen LogP contribution in [0.2, 0.25) is 0 Å². The molecule has 0 radical (unpaired) electrons. The van der Waals surface area contributed by atoms with Crippen LogP contribution >= 0.6 is 0 Å². The molecular weight excluding hydrogens is 1980 g/mol. The van der Waals surface area contributed by atoms with Crippen LogP contribution in [0.1, 0.15) is 0 Å². The van der Waals surface area contributed by atoms with E-state index in [1.165, 1.54) is 0 Å². The van der Waals surface area contributed by atoms with Crippen molar-refractivity contribution in [1.82, 2.24) is 28.7 Å². The van der Waals surface area contributed by atoms with Crippen LogP contribution in [-0.4, -0.2) is 28.7 Å². The molecule has 0 atom stereocenters. The summed E-state index contributed by atoms with van der Waals surface area (Å²) in [5.41, 5.74) is 19.9. The summed E-state index contributed by atoms with van der Waals surface area (Å²) in [5.74, 6) is 0. The summed E-state index contributed by atoms with van der Waals surface area (Å²) in [6.07, 6.45) is 5.14. The van der Waals surface area contributed by atoms with E-state index in [-0.39, 0.29) is 36.3 Å². The Balaban J connectivity index is 0.0000117. The summed E-state index contributed by atoms with van der Waals surface area (Å²) in [4.78, 5) is 69.3. The minimum Gasteiger partial charge on any atom is -0.303 e. The molecule has 44 rings (SSSR count). The molecule has 0 fully saturated rings. The second-order valence-electron chi connectivity index (χ2n) is 37.1. The third-order valence-electron chi connectivity index (χ3n) is 27.9. The topological polar surface area (TPSA) is 105 Å². The van der Waals surface area contributed by atoms with Crippen molar-refractivity contribution in [1.29, 1.82) is 0 Å². The van der Waals surface area contributed by atoms with Crippen LogP contribution in [0.4, 0.5) is 0 Å². The molecule has 0 aliphatic heterocycles. The first kappa shape index (κ1) is 91.4. The van der Waals surface area contributed by atoms with Crippen molar-refractivity contribution < 1.29 is 20.1 Å². The molecule has 44 aromatic rings. The Hall–Kier alpha value is -19.1. The largest absolute Gasteiger partial charge is 3.00 e. The maximum atomic E-state index is 17.8. The maximum absolute atomic E-state index is 17.8. The van der Waals surface area contributed by atoms with Crippen molar-refractivity contribution in [2.75, 3.05) is 0 Å². The fraction of sp³-hybridized carbons (Fsp3) is 0. The molecule has 10 heteroatoms. The molecule has 24 aromatic heterocycles. The van der Waals surface area contributed by atoms with E-state index in [0.717, 1.165) is 165 Å². The molecule has 696 valence electrons. The van der Waals surface area contributed by atoms with Gasteiger partial charge in [-0.15, -0.1) is 89.0 Å². The summed E-state index contributed by atoms with van der Waals surface area (Å²) >= 11 is 0. The number of rotatable bonds is 12. The molecule has 0 spiro atoms. The summed E-state index contributed by atoms with van der Waals surface area (Å²) in [5, 5.41) is 14.0. The van der Waals surface area contributed by atoms with Gasteiger partial charge in [0, 0.05) is 51.8 Å². The summed E-state index contributed by atoms with van der Waals surface area (Å²) in [7, 11) is 0. The van der Waals surface area contributed by atoms with Crippen molar-refractivity contribution >= 4 is 130 Å². The minimum absolute atomic E-state index is 0. The molecule has 24 heterocycles. The first-order valence-corrected chi connectivity index (χ1v) is 49.2. The summed E-state index contributed by atoms with van der Waals surface area (Å²) in [6.45, 7) is 0. The Morgan fingerprint density at radius 2 is 0.365 bits per heavy atom. The Morgan fingerprint density at radius 3 is 0.574 bits per heavy atom. The van der Waals surface area contributed by atoms with E-state index < -0.39 is 16.7 Å². The Morgan fingerprint density at radius 1 is 0.162 bits per heavy atom. The maximum Gasteiger partial charge on any atom is 3.00 e. The van der Waals surface area contributed by atoms with Crippen LogP contribution in [0.3, 0.4) is 0 Å². The molecule has 0 aliphatic carbocycles. The number of nitrogens with zero attached hydrogens (tertiary/aromatic N) is 6. The standard InChI is InChI=1S/C138H87N6O3.Ir/c145-136-118-82-119-84-120(83-118)138(147)144(123-45-27-42-105(87-123)114-77-110(95-36-15-5-16-37-95)72-111(78-114)96-38-17-6-18-39-96)126-66-69-135(141-90-126)102-62-56-99(57-63-102)129-48-21-24-51-132(129)117-80-115(130-49-22-19-46-127(130)97-52-58-100(59-53-97)133-67-64-124(88-139-133)142(136)121-43-25-40-103(85-121)112-73-106(91-28-7-1-8-29-91)70-107(74-112)92-30-9-2-10-31-92)79-116(81-117)131-50-23-20-47-128(131)98-54-60-101(61-55-98)134-68-65-125(89-140-134)143(137(119)146)122-44-26-41-104(86-122)113-75-108(93-32-11-3-12-33-93)71-109(76-113)94-34-13-4-14-35-94;/h1-58,60,62,64-90H;/q-3;+3. The van der Waals surface area contributed by atoms with Crippen LogP contribution < -0.4 is 16.7 Å². The van der Waals surface area contributed by atoms with Crippen LogP contribution in [0, 0.1) is 18.2 Å². The fourth-order valence-electron chi connectivity index (χ4n) is 20.5. The number of aromatic nitrogens is 6. The molecule has 0 amide bonds. The van der Waals surface area contributed by atoms with Crippen LogP contribution in [0.15, 0.2) is 543 Å². The molecule has 148 heavy (non-hydrogen) atoms. The SMILES string of the molecule is O=c1c2cc3cc(c2)c(=O)n(-c2cccc(-c4cc(-c5ccccc5)cc(-c5ccccc5)c4)c2)c2ccc(nc2)c2[c-]cc(cc2)c2ccccc2c2cc(cc(c2)c2ccccc2c2c[c-]c(cc2)c2ccc(cn2)n(-c2cccc(-c4cc(-c5ccccc5)cc(-c5ccccc5)c4)c2)c3=O)c2ccccc2c2c[c-]c(cc2)c2ccc(cn2)n1-c1cccc(-c2cc(-c3ccccc3)cc(-c3ccccc3)c2)c1.[Ir+3]. The monoisotopic (exact) mass is 2070 g/mol. The van der Waals surface area contributed by atoms with Gasteiger partial charge in [0.1, 0.15) is 0 Å². The summed E-state index contributed by atoms with van der Waals surface area (Å²) in [6, 6.07) is 184. The van der Waals surface area contributed by atoms with Crippen LogP contribution in [-0.2, 0) is 20.1 Å². The molecule has 9 nitrogen and oxygen atoms in total. The first-order valence-electron chi connectivity index (χ1n) is 49.2. The molecule has 0 aliphatic rings. The van der Waals surface area contributed by atoms with E-state index in [9.17, 15) is 0 Å². The first-order chi connectivity index (χ1) is 72.5. The fourth-order valence-corrected chi connectivity index (χ4v) is 20.5. The Bertz CT molecular complexity index is 8960. The average molecular weight is 2070 g/mol. The van der Waals surface area contributed by atoms with Gasteiger partial charge < -0.3 is 15.0 Å². The van der Waals surface area contributed by atoms with Gasteiger partial charge in [0.15, 0.2) is 0 Å². The van der Waals surface area contributed by atoms with E-state index in [0.29, 0.717) is 66.3 Å². The number of hydrogen-bond acceptors (Lipinski definition) is 6. The van der Waals surface area contributed by atoms with Gasteiger partial charge in [0.25, 0.3) is 16.7 Å². The molecule has 0 saturated carbocycles.